The fourth-order valence-corrected chi connectivity index (χ4v) is 15.3. The summed E-state index contributed by atoms with van der Waals surface area (Å²) in [4.78, 5) is 128. The van der Waals surface area contributed by atoms with Gasteiger partial charge in [0.2, 0.25) is 35.6 Å². The number of aryl methyl sites for hydroxylation is 8. The fourth-order valence-electron chi connectivity index (χ4n) is 14.2. The molecule has 9 aromatic heterocycles. The third-order valence-corrected chi connectivity index (χ3v) is 25.5. The minimum absolute atomic E-state index is 0.0367. The first-order valence-corrected chi connectivity index (χ1v) is 43.7. The number of aliphatic hydroxyl groups excluding tert-OH is 1. The third-order valence-electron chi connectivity index (χ3n) is 21.0. The number of nitrogens with one attached hydrogen (secondary N) is 4. The second-order valence-corrected chi connectivity index (χ2v) is 36.1. The smallest absolute Gasteiger partial charge is 0.276 e. The Morgan fingerprint density at radius 2 is 0.848 bits per heavy atom. The van der Waals surface area contributed by atoms with Gasteiger partial charge in [-0.15, -0.1) is 0 Å². The summed E-state index contributed by atoms with van der Waals surface area (Å²) in [5, 5.41) is 35.6. The Labute approximate surface area is 718 Å². The standard InChI is InChI=1S/C46H60N12O7Si.C40H44N12O7/c1-11-50-34(20-26(3)47)42(61)53-44-51-32-23-29(40(48)59)24-36(63-18-15-19-64-66(9,10)46(6,7)8)38(32)57(44)17-14-13-16-56-37-30-22-28(5)65-39(30)31(41(49)60)25-33(37)52-45(56)54-43(62)35-21-27(4)55-58(35)12-2;1-6-51-29(15-21(3)47-51)37(56)45-39-44-28-20-26(36(42)55)34-25(17-23(5)59-34)32(28)49(39)11-8-9-12-50-33-27(18-24(35(41)54)19-31(33)58-14-10-13-53)43-40(50)46-38(57)30-16-22(4)48-52(30)7-2/h13-14,20-25H,11-12,15-19,47H2,1-10H3,(H2,48,59)(H2,49,60)(H,51,53,61)(H,52,54,62);8-9,15-20,53H,6-7,10-14H2,1-5H3,(H2,41,54)(H2,42,55)(H,43,46,57)(H,44,45,56)/b14-13+,26-20?,50-34?;9-8+. The number of fused-ring (bicyclic) bond motifs is 8. The fraction of sp³-hybridized carbons (Fsp3) is 0.349. The highest BCUT2D eigenvalue weighted by Crippen LogP contribution is 2.40. The Hall–Kier alpha value is -14.3. The van der Waals surface area contributed by atoms with Crippen molar-refractivity contribution in [2.75, 3.05) is 54.2 Å². The van der Waals surface area contributed by atoms with E-state index in [0.29, 0.717) is 169 Å². The van der Waals surface area contributed by atoms with Crippen molar-refractivity contribution >= 4 is 151 Å². The van der Waals surface area contributed by atoms with Crippen LogP contribution in [0.2, 0.25) is 18.1 Å². The van der Waals surface area contributed by atoms with E-state index in [1.165, 1.54) is 24.3 Å². The monoisotopic (exact) mass is 1720 g/mol. The number of ether oxygens (including phenoxy) is 2. The quantitative estimate of drug-likeness (QED) is 0.00763. The van der Waals surface area contributed by atoms with Crippen LogP contribution in [-0.4, -0.2) is 167 Å². The molecule has 0 spiro atoms. The number of hydrogen-bond donors (Lipinski definition) is 10. The van der Waals surface area contributed by atoms with Crippen LogP contribution in [0.5, 0.6) is 11.5 Å². The number of nitrogens with zero attached hydrogens (tertiary/aromatic N) is 15. The van der Waals surface area contributed by atoms with Crippen molar-refractivity contribution in [3.05, 3.63) is 171 Å². The molecule has 38 nitrogen and oxygen atoms in total. The number of hydrogen-bond acceptors (Lipinski definition) is 23. The van der Waals surface area contributed by atoms with Crippen LogP contribution in [0.25, 0.3) is 66.1 Å². The van der Waals surface area contributed by atoms with Gasteiger partial charge in [0.25, 0.3) is 35.4 Å². The van der Waals surface area contributed by atoms with Gasteiger partial charge in [-0.1, -0.05) is 45.1 Å². The van der Waals surface area contributed by atoms with Crippen LogP contribution >= 0.6 is 0 Å². The molecule has 9 heterocycles. The van der Waals surface area contributed by atoms with Crippen LogP contribution in [0.4, 0.5) is 23.8 Å². The zero-order valence-electron chi connectivity index (χ0n) is 72.5. The lowest BCUT2D eigenvalue weighted by Gasteiger charge is -2.36. The van der Waals surface area contributed by atoms with Crippen molar-refractivity contribution in [2.45, 2.75) is 167 Å². The van der Waals surface area contributed by atoms with E-state index in [1.54, 1.807) is 129 Å². The molecule has 0 saturated heterocycles. The summed E-state index contributed by atoms with van der Waals surface area (Å²) in [6, 6.07) is 17.8. The van der Waals surface area contributed by atoms with Gasteiger partial charge < -0.3 is 74.8 Å². The van der Waals surface area contributed by atoms with Crippen molar-refractivity contribution in [1.82, 2.24) is 67.5 Å². The summed E-state index contributed by atoms with van der Waals surface area (Å²) in [5.41, 5.74) is 37.3. The van der Waals surface area contributed by atoms with E-state index in [4.69, 9.17) is 71.3 Å². The van der Waals surface area contributed by atoms with Gasteiger partial charge in [0.1, 0.15) is 68.0 Å². The number of rotatable bonds is 35. The SMILES string of the molecule is CCN=C(C=C(C)N)C(=O)Nc1nc2cc(C(N)=O)cc(OCCCO[Si](C)(C)C(C)(C)C)c2n1C/C=C/Cn1c(NC(=O)c2cc(C)nn2CC)nc2cc(C(N)=O)c3oc(C)cc3c21.CCn1nc(C)cc1C(=O)Nc1nc2cc(C(N)=O)cc(OCCCO)c2n1C/C=C/Cn1c(NC(=O)c2cc(C)nn2CC)nc2cc(C(N)=O)c3oc(C)cc3c21. The molecule has 0 saturated carbocycles. The lowest BCUT2D eigenvalue weighted by molar-refractivity contribution is -0.110. The first-order chi connectivity index (χ1) is 59.4. The van der Waals surface area contributed by atoms with Crippen molar-refractivity contribution in [3.8, 4) is 11.5 Å². The molecule has 8 amide bonds. The number of carbonyl (C=O) groups excluding carboxylic acids is 8. The maximum absolute atomic E-state index is 13.8. The number of aliphatic hydroxyl groups is 1. The summed E-state index contributed by atoms with van der Waals surface area (Å²) in [6.45, 7) is 32.0. The molecule has 13 aromatic rings. The Kier molecular flexibility index (Phi) is 27.0. The molecule has 0 fully saturated rings. The average Bonchev–Trinajstić information content (AvgIpc) is 1.59. The van der Waals surface area contributed by atoms with Crippen LogP contribution in [0.1, 0.15) is 170 Å². The molecule has 0 bridgehead atoms. The molecule has 0 radical (unpaired) electrons. The number of benzene rings is 4. The highest BCUT2D eigenvalue weighted by atomic mass is 28.4. The highest BCUT2D eigenvalue weighted by Gasteiger charge is 2.37. The Morgan fingerprint density at radius 3 is 1.18 bits per heavy atom. The number of aromatic nitrogens is 14. The van der Waals surface area contributed by atoms with Crippen molar-refractivity contribution in [1.29, 1.82) is 0 Å². The van der Waals surface area contributed by atoms with E-state index in [-0.39, 0.29) is 109 Å². The number of imidazole rings is 4. The molecule has 656 valence electrons. The second kappa shape index (κ2) is 37.6. The molecule has 0 atom stereocenters. The molecule has 13 rings (SSSR count). The maximum atomic E-state index is 13.8. The lowest BCUT2D eigenvalue weighted by Crippen LogP contribution is -2.41. The van der Waals surface area contributed by atoms with Crippen LogP contribution < -0.4 is 59.4 Å². The molecule has 0 aliphatic carbocycles. The lowest BCUT2D eigenvalue weighted by atomic mass is 10.1. The van der Waals surface area contributed by atoms with Crippen molar-refractivity contribution in [3.63, 3.8) is 0 Å². The molecule has 125 heavy (non-hydrogen) atoms. The highest BCUT2D eigenvalue weighted by molar-refractivity contribution is 6.74. The molecular formula is C86H104N24O14Si. The van der Waals surface area contributed by atoms with Gasteiger partial charge in [0.05, 0.1) is 74.5 Å². The summed E-state index contributed by atoms with van der Waals surface area (Å²) < 4.78 is 42.5. The Bertz CT molecular complexity index is 6530. The topological polar surface area (TPSA) is 526 Å². The Balaban J connectivity index is 0.000000229. The molecule has 0 unspecified atom stereocenters. The number of anilines is 4. The van der Waals surface area contributed by atoms with Crippen molar-refractivity contribution in [2.24, 2.45) is 33.7 Å². The van der Waals surface area contributed by atoms with Crippen molar-refractivity contribution < 1.29 is 66.2 Å². The van der Waals surface area contributed by atoms with Gasteiger partial charge >= 0.3 is 0 Å². The predicted octanol–water partition coefficient (Wildman–Crippen LogP) is 10.9. The average molecular weight is 1730 g/mol. The van der Waals surface area contributed by atoms with Crippen LogP contribution in [0, 0.1) is 34.6 Å². The number of primary amides is 4. The third kappa shape index (κ3) is 19.4. The molecule has 15 N–H and O–H groups in total. The summed E-state index contributed by atoms with van der Waals surface area (Å²) in [6.07, 6.45) is 9.75. The largest absolute Gasteiger partial charge is 0.491 e. The number of allylic oxidation sites excluding steroid dienone is 5. The molecule has 4 aromatic carbocycles. The molecule has 39 heteroatoms. The number of carbonyl (C=O) groups is 8. The van der Waals surface area contributed by atoms with E-state index in [1.807, 2.05) is 45.1 Å². The number of nitrogens with two attached hydrogens (primary N) is 5. The number of amides is 8. The van der Waals surface area contributed by atoms with Crippen LogP contribution in [0.15, 0.2) is 117 Å². The first-order valence-electron chi connectivity index (χ1n) is 40.8. The number of aliphatic imine (C=N–C) groups is 1. The van der Waals surface area contributed by atoms with Gasteiger partial charge in [0.15, 0.2) is 8.32 Å². The minimum Gasteiger partial charge on any atom is -0.491 e. The molecular weight excluding hydrogens is 1620 g/mol. The van der Waals surface area contributed by atoms with Crippen LogP contribution in [-0.2, 0) is 55.0 Å². The van der Waals surface area contributed by atoms with Gasteiger partial charge in [-0.3, -0.25) is 78.7 Å². The van der Waals surface area contributed by atoms with E-state index in [2.05, 4.69) is 75.4 Å². The van der Waals surface area contributed by atoms with E-state index < -0.39 is 55.6 Å². The molecule has 0 aliphatic heterocycles. The zero-order chi connectivity index (χ0) is 90.4. The predicted molar refractivity (Wildman–Crippen MR) is 477 cm³/mol. The second-order valence-electron chi connectivity index (χ2n) is 31.3. The first kappa shape index (κ1) is 89.9. The summed E-state index contributed by atoms with van der Waals surface area (Å²) >= 11 is 0. The normalized spacial score (nSPS) is 12.3. The minimum atomic E-state index is -2.01. The van der Waals surface area contributed by atoms with Gasteiger partial charge in [-0.2, -0.15) is 15.3 Å². The van der Waals surface area contributed by atoms with E-state index in [9.17, 15) is 43.5 Å². The summed E-state index contributed by atoms with van der Waals surface area (Å²) in [5.74, 6) is -2.27. The zero-order valence-corrected chi connectivity index (χ0v) is 73.5. The Morgan fingerprint density at radius 1 is 0.488 bits per heavy atom. The van der Waals surface area contributed by atoms with Gasteiger partial charge in [-0.05, 0) is 160 Å². The van der Waals surface area contributed by atoms with Gasteiger partial charge in [0, 0.05) is 106 Å². The number of furan rings is 2. The van der Waals surface area contributed by atoms with E-state index >= 15 is 0 Å². The summed E-state index contributed by atoms with van der Waals surface area (Å²) in [7, 11) is -2.01. The van der Waals surface area contributed by atoms with E-state index in [0.717, 1.165) is 0 Å². The van der Waals surface area contributed by atoms with Crippen LogP contribution in [0.3, 0.4) is 0 Å². The molecule has 0 aliphatic rings. The maximum Gasteiger partial charge on any atom is 0.276 e. The van der Waals surface area contributed by atoms with Gasteiger partial charge in [-0.25, -0.2) is 19.9 Å².